The van der Waals surface area contributed by atoms with Crippen LogP contribution in [-0.2, 0) is 0 Å². The predicted molar refractivity (Wildman–Crippen MR) is 85.5 cm³/mol. The zero-order valence-electron chi connectivity index (χ0n) is 13.0. The van der Waals surface area contributed by atoms with E-state index in [2.05, 4.69) is 22.4 Å². The first-order chi connectivity index (χ1) is 10.7. The van der Waals surface area contributed by atoms with Gasteiger partial charge in [-0.05, 0) is 43.9 Å². The first-order valence-electron chi connectivity index (χ1n) is 7.77. The minimum atomic E-state index is -0.138. The molecule has 0 radical (unpaired) electrons. The van der Waals surface area contributed by atoms with Crippen LogP contribution in [0.2, 0.25) is 0 Å². The Bertz CT molecular complexity index is 674. The summed E-state index contributed by atoms with van der Waals surface area (Å²) in [6, 6.07) is 5.79. The van der Waals surface area contributed by atoms with Crippen LogP contribution in [0.3, 0.4) is 0 Å². The number of H-pyrrole nitrogens is 1. The molecule has 0 aliphatic heterocycles. The Morgan fingerprint density at radius 2 is 2.27 bits per heavy atom. The van der Waals surface area contributed by atoms with Crippen molar-refractivity contribution < 1.29 is 9.53 Å². The molecular weight excluding hydrogens is 278 g/mol. The van der Waals surface area contributed by atoms with Crippen LogP contribution in [0.1, 0.15) is 53.7 Å². The standard InChI is InChI=1S/C17H21N3O2/c1-3-8-22-15-9-11(2)4-7-14(15)19-17(21)13-10-18-20-16(13)12-5-6-12/h4,7,9-10,12H,3,5-6,8H2,1-2H3,(H,18,20)(H,19,21). The van der Waals surface area contributed by atoms with Crippen LogP contribution in [0.25, 0.3) is 0 Å². The molecule has 1 aromatic heterocycles. The lowest BCUT2D eigenvalue weighted by Crippen LogP contribution is -2.14. The van der Waals surface area contributed by atoms with Gasteiger partial charge in [0, 0.05) is 5.92 Å². The number of nitrogens with zero attached hydrogens (tertiary/aromatic N) is 1. The van der Waals surface area contributed by atoms with E-state index < -0.39 is 0 Å². The summed E-state index contributed by atoms with van der Waals surface area (Å²) < 4.78 is 5.74. The molecule has 0 saturated heterocycles. The Kier molecular flexibility index (Phi) is 4.13. The van der Waals surface area contributed by atoms with Gasteiger partial charge in [-0.3, -0.25) is 9.89 Å². The molecule has 1 heterocycles. The Hall–Kier alpha value is -2.30. The fourth-order valence-corrected chi connectivity index (χ4v) is 2.41. The van der Waals surface area contributed by atoms with Crippen molar-refractivity contribution in [1.82, 2.24) is 10.2 Å². The van der Waals surface area contributed by atoms with Crippen LogP contribution in [0.5, 0.6) is 5.75 Å². The number of anilines is 1. The van der Waals surface area contributed by atoms with Crippen molar-refractivity contribution in [2.75, 3.05) is 11.9 Å². The van der Waals surface area contributed by atoms with Crippen molar-refractivity contribution >= 4 is 11.6 Å². The third kappa shape index (κ3) is 3.13. The SMILES string of the molecule is CCCOc1cc(C)ccc1NC(=O)c1cn[nH]c1C1CC1. The molecule has 22 heavy (non-hydrogen) atoms. The molecule has 1 saturated carbocycles. The van der Waals surface area contributed by atoms with Gasteiger partial charge in [-0.1, -0.05) is 13.0 Å². The zero-order valence-corrected chi connectivity index (χ0v) is 13.0. The van der Waals surface area contributed by atoms with Crippen LogP contribution in [0, 0.1) is 6.92 Å². The molecule has 0 unspecified atom stereocenters. The van der Waals surface area contributed by atoms with Gasteiger partial charge in [0.25, 0.3) is 5.91 Å². The predicted octanol–water partition coefficient (Wildman–Crippen LogP) is 3.64. The van der Waals surface area contributed by atoms with Crippen LogP contribution in [0.15, 0.2) is 24.4 Å². The lowest BCUT2D eigenvalue weighted by atomic mass is 10.1. The Morgan fingerprint density at radius 1 is 1.45 bits per heavy atom. The van der Waals surface area contributed by atoms with Gasteiger partial charge in [0.05, 0.1) is 29.7 Å². The number of aromatic amines is 1. The summed E-state index contributed by atoms with van der Waals surface area (Å²) in [7, 11) is 0. The Balaban J connectivity index is 1.79. The topological polar surface area (TPSA) is 67.0 Å². The van der Waals surface area contributed by atoms with Crippen LogP contribution >= 0.6 is 0 Å². The van der Waals surface area contributed by atoms with Gasteiger partial charge in [0.2, 0.25) is 0 Å². The van der Waals surface area contributed by atoms with E-state index in [0.717, 1.165) is 30.5 Å². The third-order valence-corrected chi connectivity index (χ3v) is 3.75. The van der Waals surface area contributed by atoms with Gasteiger partial charge in [-0.2, -0.15) is 5.10 Å². The average Bonchev–Trinajstić information content (AvgIpc) is 3.24. The van der Waals surface area contributed by atoms with Crippen molar-refractivity contribution in [3.8, 4) is 5.75 Å². The highest BCUT2D eigenvalue weighted by Crippen LogP contribution is 2.40. The highest BCUT2D eigenvalue weighted by Gasteiger charge is 2.30. The zero-order chi connectivity index (χ0) is 15.5. The maximum atomic E-state index is 12.5. The van der Waals surface area contributed by atoms with E-state index in [0.29, 0.717) is 29.5 Å². The lowest BCUT2D eigenvalue weighted by molar-refractivity contribution is 0.102. The van der Waals surface area contributed by atoms with Gasteiger partial charge >= 0.3 is 0 Å². The number of rotatable bonds is 6. The molecule has 1 fully saturated rings. The fourth-order valence-electron chi connectivity index (χ4n) is 2.41. The van der Waals surface area contributed by atoms with E-state index in [4.69, 9.17) is 4.74 Å². The number of amides is 1. The third-order valence-electron chi connectivity index (χ3n) is 3.75. The molecule has 5 heteroatoms. The number of aryl methyl sites for hydroxylation is 1. The number of nitrogens with one attached hydrogen (secondary N) is 2. The van der Waals surface area contributed by atoms with Crippen molar-refractivity contribution in [1.29, 1.82) is 0 Å². The second kappa shape index (κ2) is 6.22. The summed E-state index contributed by atoms with van der Waals surface area (Å²) in [5.74, 6) is 1.03. The summed E-state index contributed by atoms with van der Waals surface area (Å²) >= 11 is 0. The molecule has 1 aliphatic carbocycles. The molecular formula is C17H21N3O2. The number of carbonyl (C=O) groups excluding carboxylic acids is 1. The molecule has 5 nitrogen and oxygen atoms in total. The van der Waals surface area contributed by atoms with E-state index in [1.165, 1.54) is 0 Å². The van der Waals surface area contributed by atoms with Crippen LogP contribution < -0.4 is 10.1 Å². The Morgan fingerprint density at radius 3 is 3.00 bits per heavy atom. The minimum absolute atomic E-state index is 0.138. The smallest absolute Gasteiger partial charge is 0.259 e. The molecule has 0 atom stereocenters. The summed E-state index contributed by atoms with van der Waals surface area (Å²) in [6.07, 6.45) is 4.77. The average molecular weight is 299 g/mol. The largest absolute Gasteiger partial charge is 0.491 e. The molecule has 1 amide bonds. The van der Waals surface area contributed by atoms with Gasteiger partial charge in [0.15, 0.2) is 0 Å². The van der Waals surface area contributed by atoms with E-state index in [9.17, 15) is 4.79 Å². The first-order valence-corrected chi connectivity index (χ1v) is 7.77. The van der Waals surface area contributed by atoms with Gasteiger partial charge in [-0.25, -0.2) is 0 Å². The van der Waals surface area contributed by atoms with Crippen LogP contribution in [0.4, 0.5) is 5.69 Å². The monoisotopic (exact) mass is 299 g/mol. The second-order valence-electron chi connectivity index (χ2n) is 5.77. The molecule has 3 rings (SSSR count). The highest BCUT2D eigenvalue weighted by atomic mass is 16.5. The van der Waals surface area contributed by atoms with Crippen molar-refractivity contribution in [2.24, 2.45) is 0 Å². The highest BCUT2D eigenvalue weighted by molar-refractivity contribution is 6.05. The second-order valence-corrected chi connectivity index (χ2v) is 5.77. The summed E-state index contributed by atoms with van der Waals surface area (Å²) in [5, 5.41) is 9.91. The molecule has 2 aromatic rings. The molecule has 1 aliphatic rings. The van der Waals surface area contributed by atoms with E-state index in [1.807, 2.05) is 25.1 Å². The van der Waals surface area contributed by atoms with E-state index >= 15 is 0 Å². The van der Waals surface area contributed by atoms with Crippen molar-refractivity contribution in [3.63, 3.8) is 0 Å². The van der Waals surface area contributed by atoms with E-state index in [1.54, 1.807) is 6.20 Å². The maximum absolute atomic E-state index is 12.5. The molecule has 2 N–H and O–H groups in total. The number of ether oxygens (including phenoxy) is 1. The van der Waals surface area contributed by atoms with Gasteiger partial charge in [0.1, 0.15) is 5.75 Å². The van der Waals surface area contributed by atoms with Crippen molar-refractivity contribution in [3.05, 3.63) is 41.2 Å². The normalized spacial score (nSPS) is 13.9. The number of benzene rings is 1. The summed E-state index contributed by atoms with van der Waals surface area (Å²) in [5.41, 5.74) is 3.38. The van der Waals surface area contributed by atoms with Gasteiger partial charge in [-0.15, -0.1) is 0 Å². The van der Waals surface area contributed by atoms with Crippen LogP contribution in [-0.4, -0.2) is 22.7 Å². The minimum Gasteiger partial charge on any atom is -0.491 e. The summed E-state index contributed by atoms with van der Waals surface area (Å²) in [4.78, 5) is 12.5. The fraction of sp³-hybridized carbons (Fsp3) is 0.412. The lowest BCUT2D eigenvalue weighted by Gasteiger charge is -2.13. The van der Waals surface area contributed by atoms with Gasteiger partial charge < -0.3 is 10.1 Å². The number of carbonyl (C=O) groups is 1. The molecule has 116 valence electrons. The first kappa shape index (κ1) is 14.6. The summed E-state index contributed by atoms with van der Waals surface area (Å²) in [6.45, 7) is 4.69. The molecule has 0 bridgehead atoms. The Labute approximate surface area is 130 Å². The number of aromatic nitrogens is 2. The molecule has 1 aromatic carbocycles. The molecule has 0 spiro atoms. The maximum Gasteiger partial charge on any atom is 0.259 e. The number of hydrogen-bond acceptors (Lipinski definition) is 3. The van der Waals surface area contributed by atoms with E-state index in [-0.39, 0.29) is 5.91 Å². The number of hydrogen-bond donors (Lipinski definition) is 2. The quantitative estimate of drug-likeness (QED) is 0.855. The van der Waals surface area contributed by atoms with Crippen molar-refractivity contribution in [2.45, 2.75) is 39.0 Å².